The van der Waals surface area contributed by atoms with E-state index in [1.807, 2.05) is 0 Å². The normalized spacial score (nSPS) is 23.6. The van der Waals surface area contributed by atoms with E-state index in [0.717, 1.165) is 11.9 Å². The molecule has 0 saturated heterocycles. The first kappa shape index (κ1) is 12.5. The number of alkyl halides is 1. The molecule has 1 aromatic heterocycles. The topological polar surface area (TPSA) is 54.9 Å². The largest absolute Gasteiger partial charge is 0.352 e. The molecular weight excluding hydrogens is 282 g/mol. The minimum atomic E-state index is -0.0779. The van der Waals surface area contributed by atoms with Gasteiger partial charge in [-0.05, 0) is 24.7 Å². The second-order valence-electron chi connectivity index (χ2n) is 4.44. The Kier molecular flexibility index (Phi) is 4.48. The van der Waals surface area contributed by atoms with E-state index in [9.17, 15) is 4.79 Å². The van der Waals surface area contributed by atoms with Crippen molar-refractivity contribution in [3.05, 3.63) is 24.3 Å². The molecule has 1 aliphatic rings. The molecule has 17 heavy (non-hydrogen) atoms. The number of nitrogens with one attached hydrogen (secondary N) is 1. The minimum Gasteiger partial charge on any atom is -0.352 e. The second kappa shape index (κ2) is 6.10. The third-order valence-electron chi connectivity index (χ3n) is 3.36. The molecule has 1 aliphatic carbocycles. The van der Waals surface area contributed by atoms with Crippen molar-refractivity contribution in [2.45, 2.75) is 19.3 Å². The SMILES string of the molecule is O=C(NCC1CCCC1CBr)c1cncnc1. The standard InChI is InChI=1S/C12H16BrN3O/c13-4-9-2-1-3-10(9)7-16-12(17)11-5-14-8-15-6-11/h5-6,8-10H,1-4,7H2,(H,16,17). The maximum Gasteiger partial charge on any atom is 0.254 e. The average Bonchev–Trinajstić information content (AvgIpc) is 2.84. The van der Waals surface area contributed by atoms with Crippen LogP contribution in [0.1, 0.15) is 29.6 Å². The molecule has 2 atom stereocenters. The Morgan fingerprint density at radius 3 is 2.76 bits per heavy atom. The molecule has 0 aromatic carbocycles. The van der Waals surface area contributed by atoms with Gasteiger partial charge in [-0.25, -0.2) is 9.97 Å². The molecule has 0 aliphatic heterocycles. The van der Waals surface area contributed by atoms with Gasteiger partial charge in [-0.1, -0.05) is 22.4 Å². The van der Waals surface area contributed by atoms with Crippen molar-refractivity contribution in [1.82, 2.24) is 15.3 Å². The lowest BCUT2D eigenvalue weighted by Crippen LogP contribution is -2.31. The van der Waals surface area contributed by atoms with Gasteiger partial charge in [0.15, 0.2) is 0 Å². The number of rotatable bonds is 4. The van der Waals surface area contributed by atoms with Gasteiger partial charge in [-0.15, -0.1) is 0 Å². The van der Waals surface area contributed by atoms with Crippen molar-refractivity contribution in [3.8, 4) is 0 Å². The van der Waals surface area contributed by atoms with Gasteiger partial charge < -0.3 is 5.32 Å². The van der Waals surface area contributed by atoms with Gasteiger partial charge in [0.25, 0.3) is 5.91 Å². The molecule has 1 fully saturated rings. The quantitative estimate of drug-likeness (QED) is 0.865. The van der Waals surface area contributed by atoms with E-state index in [2.05, 4.69) is 31.2 Å². The third-order valence-corrected chi connectivity index (χ3v) is 4.19. The predicted molar refractivity (Wildman–Crippen MR) is 69.0 cm³/mol. The number of carbonyl (C=O) groups excluding carboxylic acids is 1. The number of amides is 1. The molecule has 0 radical (unpaired) electrons. The van der Waals surface area contributed by atoms with Crippen molar-refractivity contribution in [1.29, 1.82) is 0 Å². The summed E-state index contributed by atoms with van der Waals surface area (Å²) < 4.78 is 0. The van der Waals surface area contributed by atoms with Gasteiger partial charge in [0.2, 0.25) is 0 Å². The number of hydrogen-bond acceptors (Lipinski definition) is 3. The van der Waals surface area contributed by atoms with Crippen molar-refractivity contribution >= 4 is 21.8 Å². The average molecular weight is 298 g/mol. The molecule has 1 amide bonds. The smallest absolute Gasteiger partial charge is 0.254 e. The number of hydrogen-bond donors (Lipinski definition) is 1. The molecule has 0 spiro atoms. The van der Waals surface area contributed by atoms with Crippen LogP contribution in [0.3, 0.4) is 0 Å². The van der Waals surface area contributed by atoms with Crippen molar-refractivity contribution in [2.24, 2.45) is 11.8 Å². The number of aromatic nitrogens is 2. The lowest BCUT2D eigenvalue weighted by Gasteiger charge is -2.17. The fourth-order valence-corrected chi connectivity index (χ4v) is 3.18. The van der Waals surface area contributed by atoms with Crippen LogP contribution in [-0.4, -0.2) is 27.7 Å². The molecule has 1 saturated carbocycles. The summed E-state index contributed by atoms with van der Waals surface area (Å²) in [6.07, 6.45) is 8.25. The Morgan fingerprint density at radius 2 is 2.06 bits per heavy atom. The van der Waals surface area contributed by atoms with Gasteiger partial charge in [-0.3, -0.25) is 4.79 Å². The zero-order chi connectivity index (χ0) is 12.1. The van der Waals surface area contributed by atoms with E-state index < -0.39 is 0 Å². The van der Waals surface area contributed by atoms with Gasteiger partial charge in [0.05, 0.1) is 5.56 Å². The van der Waals surface area contributed by atoms with Gasteiger partial charge in [-0.2, -0.15) is 0 Å². The van der Waals surface area contributed by atoms with Crippen LogP contribution in [0.5, 0.6) is 0 Å². The molecule has 2 unspecified atom stereocenters. The predicted octanol–water partition coefficient (Wildman–Crippen LogP) is 2.02. The van der Waals surface area contributed by atoms with Crippen molar-refractivity contribution in [3.63, 3.8) is 0 Å². The Bertz CT molecular complexity index is 371. The zero-order valence-corrected chi connectivity index (χ0v) is 11.2. The highest BCUT2D eigenvalue weighted by Gasteiger charge is 2.26. The summed E-state index contributed by atoms with van der Waals surface area (Å²) in [5.74, 6) is 1.22. The Labute approximate surface area is 109 Å². The van der Waals surface area contributed by atoms with Crippen molar-refractivity contribution in [2.75, 3.05) is 11.9 Å². The highest BCUT2D eigenvalue weighted by Crippen LogP contribution is 2.32. The molecule has 0 bridgehead atoms. The van der Waals surface area contributed by atoms with Crippen LogP contribution in [-0.2, 0) is 0 Å². The second-order valence-corrected chi connectivity index (χ2v) is 5.09. The van der Waals surface area contributed by atoms with Crippen LogP contribution >= 0.6 is 15.9 Å². The van der Waals surface area contributed by atoms with Crippen LogP contribution in [0.15, 0.2) is 18.7 Å². The third kappa shape index (κ3) is 3.25. The molecule has 1 heterocycles. The summed E-state index contributed by atoms with van der Waals surface area (Å²) in [7, 11) is 0. The first-order valence-corrected chi connectivity index (χ1v) is 7.02. The van der Waals surface area contributed by atoms with Gasteiger partial charge in [0.1, 0.15) is 6.33 Å². The summed E-state index contributed by atoms with van der Waals surface area (Å²) >= 11 is 3.54. The van der Waals surface area contributed by atoms with Crippen LogP contribution in [0, 0.1) is 11.8 Å². The van der Waals surface area contributed by atoms with E-state index in [0.29, 0.717) is 17.4 Å². The van der Waals surface area contributed by atoms with E-state index in [4.69, 9.17) is 0 Å². The maximum atomic E-state index is 11.8. The van der Waals surface area contributed by atoms with Crippen LogP contribution in [0.25, 0.3) is 0 Å². The lowest BCUT2D eigenvalue weighted by atomic mass is 9.98. The first-order valence-electron chi connectivity index (χ1n) is 5.90. The summed E-state index contributed by atoms with van der Waals surface area (Å²) in [6.45, 7) is 0.754. The van der Waals surface area contributed by atoms with Crippen LogP contribution < -0.4 is 5.32 Å². The summed E-state index contributed by atoms with van der Waals surface area (Å²) in [5, 5.41) is 4.00. The van der Waals surface area contributed by atoms with E-state index >= 15 is 0 Å². The first-order chi connectivity index (χ1) is 8.31. The van der Waals surface area contributed by atoms with Crippen LogP contribution in [0.2, 0.25) is 0 Å². The Balaban J connectivity index is 1.84. The van der Waals surface area contributed by atoms with E-state index in [1.165, 1.54) is 25.6 Å². The summed E-state index contributed by atoms with van der Waals surface area (Å²) in [4.78, 5) is 19.5. The number of carbonyl (C=O) groups is 1. The molecule has 4 nitrogen and oxygen atoms in total. The lowest BCUT2D eigenvalue weighted by molar-refractivity contribution is 0.0944. The number of halogens is 1. The minimum absolute atomic E-state index is 0.0779. The highest BCUT2D eigenvalue weighted by molar-refractivity contribution is 9.09. The maximum absolute atomic E-state index is 11.8. The number of nitrogens with zero attached hydrogens (tertiary/aromatic N) is 2. The Morgan fingerprint density at radius 1 is 1.35 bits per heavy atom. The fourth-order valence-electron chi connectivity index (χ4n) is 2.33. The van der Waals surface area contributed by atoms with Crippen LogP contribution in [0.4, 0.5) is 0 Å². The summed E-state index contributed by atoms with van der Waals surface area (Å²) in [6, 6.07) is 0. The molecule has 92 valence electrons. The van der Waals surface area contributed by atoms with Gasteiger partial charge >= 0.3 is 0 Å². The molecule has 1 N–H and O–H groups in total. The molecule has 1 aromatic rings. The summed E-state index contributed by atoms with van der Waals surface area (Å²) in [5.41, 5.74) is 0.529. The molecule has 2 rings (SSSR count). The van der Waals surface area contributed by atoms with Gasteiger partial charge in [0, 0.05) is 24.3 Å². The monoisotopic (exact) mass is 297 g/mol. The fraction of sp³-hybridized carbons (Fsp3) is 0.583. The highest BCUT2D eigenvalue weighted by atomic mass is 79.9. The molecular formula is C12H16BrN3O. The van der Waals surface area contributed by atoms with E-state index in [1.54, 1.807) is 12.4 Å². The zero-order valence-electron chi connectivity index (χ0n) is 9.60. The van der Waals surface area contributed by atoms with Crippen molar-refractivity contribution < 1.29 is 4.79 Å². The molecule has 5 heteroatoms. The Hall–Kier alpha value is -0.970. The van der Waals surface area contributed by atoms with E-state index in [-0.39, 0.29) is 5.91 Å².